The number of aromatic nitrogens is 1. The molecule has 4 rings (SSSR count). The number of allylic oxidation sites excluding steroid dienone is 3. The van der Waals surface area contributed by atoms with Gasteiger partial charge in [-0.15, -0.1) is 0 Å². The van der Waals surface area contributed by atoms with Gasteiger partial charge in [0, 0.05) is 16.5 Å². The molecule has 22 heavy (non-hydrogen) atoms. The van der Waals surface area contributed by atoms with Gasteiger partial charge in [0.25, 0.3) is 0 Å². The molecule has 0 bridgehead atoms. The molecule has 0 saturated carbocycles. The predicted molar refractivity (Wildman–Crippen MR) is 97.1 cm³/mol. The van der Waals surface area contributed by atoms with Gasteiger partial charge in [-0.2, -0.15) is 0 Å². The number of rotatable bonds is 2. The first-order valence-corrected chi connectivity index (χ1v) is 7.54. The van der Waals surface area contributed by atoms with Gasteiger partial charge in [-0.3, -0.25) is 0 Å². The summed E-state index contributed by atoms with van der Waals surface area (Å²) in [5, 5.41) is 5.11. The molecule has 1 heterocycles. The van der Waals surface area contributed by atoms with Crippen LogP contribution in [-0.2, 0) is 0 Å². The highest BCUT2D eigenvalue weighted by Gasteiger charge is 2.12. The fourth-order valence-corrected chi connectivity index (χ4v) is 3.27. The molecule has 0 atom stereocenters. The van der Waals surface area contributed by atoms with E-state index >= 15 is 0 Å². The van der Waals surface area contributed by atoms with E-state index in [1.165, 1.54) is 32.6 Å². The summed E-state index contributed by atoms with van der Waals surface area (Å²) in [6.07, 6.45) is 4.02. The number of hydrogen-bond acceptors (Lipinski definition) is 0. The van der Waals surface area contributed by atoms with Gasteiger partial charge in [-0.1, -0.05) is 55.1 Å². The fourth-order valence-electron chi connectivity index (χ4n) is 3.27. The minimum Gasteiger partial charge on any atom is -0.310 e. The molecule has 0 spiro atoms. The van der Waals surface area contributed by atoms with E-state index in [-0.39, 0.29) is 0 Å². The van der Waals surface area contributed by atoms with Crippen LogP contribution in [0.2, 0.25) is 0 Å². The van der Waals surface area contributed by atoms with E-state index in [2.05, 4.69) is 84.8 Å². The quantitative estimate of drug-likeness (QED) is 0.398. The second kappa shape index (κ2) is 4.88. The summed E-state index contributed by atoms with van der Waals surface area (Å²) >= 11 is 0. The number of benzene rings is 3. The molecule has 0 fully saturated rings. The van der Waals surface area contributed by atoms with Crippen molar-refractivity contribution in [3.63, 3.8) is 0 Å². The standard InChI is InChI=1S/C21H17N/c1-3-17(4-2)22-20-12-8-7-11-18(20)19-13-15-9-5-6-10-16(15)14-21(19)22/h3-14H,1H2,2H3/b17-4+. The van der Waals surface area contributed by atoms with Crippen molar-refractivity contribution in [1.82, 2.24) is 4.57 Å². The fraction of sp³-hybridized carbons (Fsp3) is 0.0476. The van der Waals surface area contributed by atoms with Gasteiger partial charge >= 0.3 is 0 Å². The van der Waals surface area contributed by atoms with Crippen molar-refractivity contribution in [2.45, 2.75) is 6.92 Å². The molecule has 0 aliphatic carbocycles. The smallest absolute Gasteiger partial charge is 0.0547 e. The van der Waals surface area contributed by atoms with Crippen molar-refractivity contribution in [3.8, 4) is 0 Å². The lowest BCUT2D eigenvalue weighted by atomic mass is 10.1. The van der Waals surface area contributed by atoms with Crippen LogP contribution in [0.1, 0.15) is 6.92 Å². The number of nitrogens with zero attached hydrogens (tertiary/aromatic N) is 1. The highest BCUT2D eigenvalue weighted by atomic mass is 15.0. The first kappa shape index (κ1) is 12.9. The van der Waals surface area contributed by atoms with Crippen LogP contribution < -0.4 is 0 Å². The lowest BCUT2D eigenvalue weighted by Gasteiger charge is -2.08. The van der Waals surface area contributed by atoms with Gasteiger partial charge in [-0.05, 0) is 42.0 Å². The van der Waals surface area contributed by atoms with Crippen molar-refractivity contribution in [2.75, 3.05) is 0 Å². The van der Waals surface area contributed by atoms with Crippen LogP contribution in [0.4, 0.5) is 0 Å². The summed E-state index contributed by atoms with van der Waals surface area (Å²) in [7, 11) is 0. The Morgan fingerprint density at radius 2 is 1.55 bits per heavy atom. The maximum Gasteiger partial charge on any atom is 0.0547 e. The van der Waals surface area contributed by atoms with E-state index in [0.717, 1.165) is 5.70 Å². The average Bonchev–Trinajstić information content (AvgIpc) is 2.88. The number of fused-ring (bicyclic) bond motifs is 4. The first-order valence-electron chi connectivity index (χ1n) is 7.54. The first-order chi connectivity index (χ1) is 10.8. The summed E-state index contributed by atoms with van der Waals surface area (Å²) in [6, 6.07) is 21.6. The Hall–Kier alpha value is -2.80. The topological polar surface area (TPSA) is 4.93 Å². The molecule has 4 aromatic rings. The van der Waals surface area contributed by atoms with Crippen LogP contribution in [0, 0.1) is 0 Å². The predicted octanol–water partition coefficient (Wildman–Crippen LogP) is 5.99. The number of para-hydroxylation sites is 1. The lowest BCUT2D eigenvalue weighted by Crippen LogP contribution is -1.93. The van der Waals surface area contributed by atoms with E-state index in [1.807, 2.05) is 6.08 Å². The Morgan fingerprint density at radius 3 is 2.27 bits per heavy atom. The third-order valence-electron chi connectivity index (χ3n) is 4.30. The molecule has 1 heteroatoms. The zero-order valence-corrected chi connectivity index (χ0v) is 12.6. The molecule has 0 amide bonds. The van der Waals surface area contributed by atoms with Crippen LogP contribution in [0.5, 0.6) is 0 Å². The summed E-state index contributed by atoms with van der Waals surface area (Å²) < 4.78 is 2.30. The Morgan fingerprint density at radius 1 is 0.864 bits per heavy atom. The normalized spacial score (nSPS) is 12.3. The second-order valence-electron chi connectivity index (χ2n) is 5.49. The maximum absolute atomic E-state index is 3.97. The van der Waals surface area contributed by atoms with E-state index in [0.29, 0.717) is 0 Å². The zero-order chi connectivity index (χ0) is 15.1. The molecule has 0 aliphatic heterocycles. The molecule has 1 aromatic heterocycles. The van der Waals surface area contributed by atoms with Gasteiger partial charge in [0.15, 0.2) is 0 Å². The van der Waals surface area contributed by atoms with E-state index in [4.69, 9.17) is 0 Å². The van der Waals surface area contributed by atoms with Gasteiger partial charge in [0.2, 0.25) is 0 Å². The van der Waals surface area contributed by atoms with Gasteiger partial charge in [0.1, 0.15) is 0 Å². The third kappa shape index (κ3) is 1.72. The van der Waals surface area contributed by atoms with Crippen LogP contribution in [0.25, 0.3) is 38.3 Å². The lowest BCUT2D eigenvalue weighted by molar-refractivity contribution is 1.23. The Kier molecular flexibility index (Phi) is 2.87. The van der Waals surface area contributed by atoms with Crippen LogP contribution in [0.15, 0.2) is 79.4 Å². The van der Waals surface area contributed by atoms with Gasteiger partial charge in [-0.25, -0.2) is 0 Å². The highest BCUT2D eigenvalue weighted by molar-refractivity contribution is 6.14. The minimum atomic E-state index is 1.11. The van der Waals surface area contributed by atoms with E-state index in [9.17, 15) is 0 Å². The van der Waals surface area contributed by atoms with Gasteiger partial charge < -0.3 is 4.57 Å². The van der Waals surface area contributed by atoms with E-state index < -0.39 is 0 Å². The van der Waals surface area contributed by atoms with Crippen molar-refractivity contribution in [2.24, 2.45) is 0 Å². The molecule has 0 N–H and O–H groups in total. The molecule has 3 aromatic carbocycles. The Bertz CT molecular complexity index is 1050. The maximum atomic E-state index is 3.97. The number of hydrogen-bond donors (Lipinski definition) is 0. The summed E-state index contributed by atoms with van der Waals surface area (Å²) in [6.45, 7) is 6.03. The van der Waals surface area contributed by atoms with Crippen LogP contribution >= 0.6 is 0 Å². The largest absolute Gasteiger partial charge is 0.310 e. The second-order valence-corrected chi connectivity index (χ2v) is 5.49. The van der Waals surface area contributed by atoms with Crippen LogP contribution in [-0.4, -0.2) is 4.57 Å². The molecule has 1 nitrogen and oxygen atoms in total. The average molecular weight is 283 g/mol. The monoisotopic (exact) mass is 283 g/mol. The highest BCUT2D eigenvalue weighted by Crippen LogP contribution is 2.34. The summed E-state index contributed by atoms with van der Waals surface area (Å²) in [4.78, 5) is 0. The zero-order valence-electron chi connectivity index (χ0n) is 12.6. The van der Waals surface area contributed by atoms with Crippen molar-refractivity contribution in [1.29, 1.82) is 0 Å². The molecule has 0 aliphatic rings. The molecule has 0 saturated heterocycles. The van der Waals surface area contributed by atoms with E-state index in [1.54, 1.807) is 0 Å². The van der Waals surface area contributed by atoms with Gasteiger partial charge in [0.05, 0.1) is 11.0 Å². The molecular weight excluding hydrogens is 266 g/mol. The SMILES string of the molecule is C=C/C(=C\C)n1c2ccccc2c2cc3ccccc3cc21. The third-order valence-corrected chi connectivity index (χ3v) is 4.30. The van der Waals surface area contributed by atoms with Crippen LogP contribution in [0.3, 0.4) is 0 Å². The minimum absolute atomic E-state index is 1.11. The van der Waals surface area contributed by atoms with Crippen molar-refractivity contribution in [3.05, 3.63) is 79.4 Å². The molecular formula is C21H17N. The molecule has 106 valence electrons. The van der Waals surface area contributed by atoms with Crippen molar-refractivity contribution < 1.29 is 0 Å². The Labute approximate surface area is 129 Å². The summed E-state index contributed by atoms with van der Waals surface area (Å²) in [5.74, 6) is 0. The molecule has 0 unspecified atom stereocenters. The summed E-state index contributed by atoms with van der Waals surface area (Å²) in [5.41, 5.74) is 3.56. The van der Waals surface area contributed by atoms with Crippen molar-refractivity contribution >= 4 is 38.3 Å². The Balaban J connectivity index is 2.28. The molecule has 0 radical (unpaired) electrons.